The molecule has 1 heterocycles. The first-order valence-corrected chi connectivity index (χ1v) is 8.87. The summed E-state index contributed by atoms with van der Waals surface area (Å²) in [5.41, 5.74) is 1.92. The summed E-state index contributed by atoms with van der Waals surface area (Å²) in [5, 5.41) is 4.59. The summed E-state index contributed by atoms with van der Waals surface area (Å²) >= 11 is 5.88. The van der Waals surface area contributed by atoms with Gasteiger partial charge in [0.25, 0.3) is 5.91 Å². The van der Waals surface area contributed by atoms with Crippen molar-refractivity contribution >= 4 is 17.5 Å². The summed E-state index contributed by atoms with van der Waals surface area (Å²) in [6.07, 6.45) is -0.628. The molecule has 27 heavy (non-hydrogen) atoms. The Hall–Kier alpha value is -2.86. The summed E-state index contributed by atoms with van der Waals surface area (Å²) < 4.78 is 11.0. The third-order valence-corrected chi connectivity index (χ3v) is 4.25. The molecule has 3 aromatic rings. The molecule has 7 heteroatoms. The number of hydrogen-bond acceptors (Lipinski definition) is 5. The van der Waals surface area contributed by atoms with E-state index in [4.69, 9.17) is 20.9 Å². The van der Waals surface area contributed by atoms with Crippen LogP contribution in [0.2, 0.25) is 5.02 Å². The Bertz CT molecular complexity index is 907. The van der Waals surface area contributed by atoms with E-state index in [0.717, 1.165) is 11.1 Å². The van der Waals surface area contributed by atoms with E-state index in [1.807, 2.05) is 43.3 Å². The van der Waals surface area contributed by atoms with Gasteiger partial charge in [0.05, 0.1) is 6.54 Å². The van der Waals surface area contributed by atoms with Gasteiger partial charge in [0.1, 0.15) is 5.75 Å². The second kappa shape index (κ2) is 8.22. The molecule has 0 aliphatic carbocycles. The number of halogens is 1. The van der Waals surface area contributed by atoms with Gasteiger partial charge in [0.15, 0.2) is 6.10 Å². The first-order valence-electron chi connectivity index (χ1n) is 8.49. The fraction of sp³-hybridized carbons (Fsp3) is 0.250. The summed E-state index contributed by atoms with van der Waals surface area (Å²) in [4.78, 5) is 18.4. The number of aryl methyl sites for hydroxylation is 1. The van der Waals surface area contributed by atoms with E-state index in [1.54, 1.807) is 26.1 Å². The number of ether oxygens (including phenoxy) is 1. The third-order valence-electron chi connectivity index (χ3n) is 4.00. The number of rotatable bonds is 6. The molecule has 0 saturated carbocycles. The van der Waals surface area contributed by atoms with Gasteiger partial charge in [0.2, 0.25) is 11.7 Å². The quantitative estimate of drug-likeness (QED) is 0.638. The summed E-state index contributed by atoms with van der Waals surface area (Å²) in [5.74, 6) is 1.27. The Morgan fingerprint density at radius 2 is 1.85 bits per heavy atom. The average molecular weight is 386 g/mol. The zero-order chi connectivity index (χ0) is 19.4. The number of carbonyl (C=O) groups excluding carboxylic acids is 1. The molecule has 2 aromatic carbocycles. The van der Waals surface area contributed by atoms with Gasteiger partial charge in [-0.05, 0) is 50.2 Å². The fourth-order valence-electron chi connectivity index (χ4n) is 2.50. The minimum Gasteiger partial charge on any atom is -0.481 e. The number of hydrogen-bond donors (Lipinski definition) is 0. The number of aromatic nitrogens is 2. The zero-order valence-electron chi connectivity index (χ0n) is 15.3. The van der Waals surface area contributed by atoms with E-state index in [9.17, 15) is 4.79 Å². The second-order valence-corrected chi connectivity index (χ2v) is 6.72. The molecular weight excluding hydrogens is 366 g/mol. The smallest absolute Gasteiger partial charge is 0.263 e. The van der Waals surface area contributed by atoms with E-state index in [0.29, 0.717) is 22.5 Å². The van der Waals surface area contributed by atoms with Crippen molar-refractivity contribution in [1.82, 2.24) is 15.0 Å². The van der Waals surface area contributed by atoms with Crippen LogP contribution in [0.25, 0.3) is 11.4 Å². The Kier molecular flexibility index (Phi) is 5.76. The Morgan fingerprint density at radius 1 is 1.19 bits per heavy atom. The van der Waals surface area contributed by atoms with Crippen LogP contribution in [-0.2, 0) is 11.3 Å². The summed E-state index contributed by atoms with van der Waals surface area (Å²) in [7, 11) is 1.67. The van der Waals surface area contributed by atoms with E-state index in [2.05, 4.69) is 10.1 Å². The van der Waals surface area contributed by atoms with Crippen molar-refractivity contribution in [2.24, 2.45) is 0 Å². The van der Waals surface area contributed by atoms with Gasteiger partial charge in [-0.3, -0.25) is 4.79 Å². The Morgan fingerprint density at radius 3 is 2.52 bits per heavy atom. The molecule has 0 radical (unpaired) electrons. The molecule has 140 valence electrons. The van der Waals surface area contributed by atoms with Gasteiger partial charge >= 0.3 is 0 Å². The second-order valence-electron chi connectivity index (χ2n) is 6.29. The molecule has 1 atom stereocenters. The van der Waals surface area contributed by atoms with E-state index in [-0.39, 0.29) is 12.5 Å². The standard InChI is InChI=1S/C20H20ClN3O3/c1-13-4-10-17(11-5-13)26-14(2)20(25)24(3)12-18-22-19(23-27-18)15-6-8-16(21)9-7-15/h4-11,14H,12H2,1-3H3/t14-/m1/s1. The van der Waals surface area contributed by atoms with Crippen LogP contribution in [0, 0.1) is 6.92 Å². The van der Waals surface area contributed by atoms with Crippen LogP contribution in [0.3, 0.4) is 0 Å². The van der Waals surface area contributed by atoms with Crippen LogP contribution in [0.4, 0.5) is 0 Å². The molecule has 0 unspecified atom stereocenters. The predicted octanol–water partition coefficient (Wildman–Crippen LogP) is 4.12. The highest BCUT2D eigenvalue weighted by atomic mass is 35.5. The number of benzene rings is 2. The van der Waals surface area contributed by atoms with Gasteiger partial charge in [0, 0.05) is 17.6 Å². The van der Waals surface area contributed by atoms with Crippen molar-refractivity contribution in [2.75, 3.05) is 7.05 Å². The SMILES string of the molecule is Cc1ccc(O[C@H](C)C(=O)N(C)Cc2nc(-c3ccc(Cl)cc3)no2)cc1. The highest BCUT2D eigenvalue weighted by Gasteiger charge is 2.21. The molecule has 0 aliphatic rings. The molecule has 1 amide bonds. The number of nitrogens with zero attached hydrogens (tertiary/aromatic N) is 3. The van der Waals surface area contributed by atoms with E-state index in [1.165, 1.54) is 4.90 Å². The molecule has 0 spiro atoms. The van der Waals surface area contributed by atoms with Crippen LogP contribution in [-0.4, -0.2) is 34.1 Å². The van der Waals surface area contributed by atoms with Gasteiger partial charge in [-0.2, -0.15) is 4.98 Å². The minimum absolute atomic E-state index is 0.179. The maximum atomic E-state index is 12.5. The molecule has 1 aromatic heterocycles. The topological polar surface area (TPSA) is 68.5 Å². The first-order chi connectivity index (χ1) is 12.9. The van der Waals surface area contributed by atoms with E-state index < -0.39 is 6.10 Å². The van der Waals surface area contributed by atoms with E-state index >= 15 is 0 Å². The first kappa shape index (κ1) is 18.9. The molecule has 6 nitrogen and oxygen atoms in total. The van der Waals surface area contributed by atoms with Crippen LogP contribution in [0.5, 0.6) is 5.75 Å². The monoisotopic (exact) mass is 385 g/mol. The minimum atomic E-state index is -0.628. The zero-order valence-corrected chi connectivity index (χ0v) is 16.1. The van der Waals surface area contributed by atoms with Gasteiger partial charge in [-0.15, -0.1) is 0 Å². The number of likely N-dealkylation sites (N-methyl/N-ethyl adjacent to an activating group) is 1. The molecule has 0 N–H and O–H groups in total. The lowest BCUT2D eigenvalue weighted by Crippen LogP contribution is -2.37. The Balaban J connectivity index is 1.60. The van der Waals surface area contributed by atoms with Gasteiger partial charge in [-0.1, -0.05) is 34.5 Å². The van der Waals surface area contributed by atoms with Gasteiger partial charge < -0.3 is 14.2 Å². The maximum absolute atomic E-state index is 12.5. The number of amides is 1. The van der Waals surface area contributed by atoms with Crippen molar-refractivity contribution in [1.29, 1.82) is 0 Å². The lowest BCUT2D eigenvalue weighted by molar-refractivity contribution is -0.137. The summed E-state index contributed by atoms with van der Waals surface area (Å²) in [6, 6.07) is 14.7. The van der Waals surface area contributed by atoms with Crippen LogP contribution < -0.4 is 4.74 Å². The average Bonchev–Trinajstić information content (AvgIpc) is 3.12. The Labute approximate surface area is 162 Å². The van der Waals surface area contributed by atoms with Crippen molar-refractivity contribution in [2.45, 2.75) is 26.5 Å². The highest BCUT2D eigenvalue weighted by molar-refractivity contribution is 6.30. The maximum Gasteiger partial charge on any atom is 0.263 e. The fourth-order valence-corrected chi connectivity index (χ4v) is 2.62. The predicted molar refractivity (Wildman–Crippen MR) is 102 cm³/mol. The lowest BCUT2D eigenvalue weighted by atomic mass is 10.2. The molecule has 3 rings (SSSR count). The highest BCUT2D eigenvalue weighted by Crippen LogP contribution is 2.19. The van der Waals surface area contributed by atoms with Crippen molar-refractivity contribution < 1.29 is 14.1 Å². The normalized spacial score (nSPS) is 11.9. The molecule has 0 fully saturated rings. The lowest BCUT2D eigenvalue weighted by Gasteiger charge is -2.20. The molecular formula is C20H20ClN3O3. The largest absolute Gasteiger partial charge is 0.481 e. The molecule has 0 saturated heterocycles. The molecule has 0 aliphatic heterocycles. The van der Waals surface area contributed by atoms with Crippen LogP contribution in [0.1, 0.15) is 18.4 Å². The van der Waals surface area contributed by atoms with Crippen molar-refractivity contribution in [3.8, 4) is 17.1 Å². The third kappa shape index (κ3) is 4.86. The number of carbonyl (C=O) groups is 1. The van der Waals surface area contributed by atoms with Crippen LogP contribution in [0.15, 0.2) is 53.1 Å². The van der Waals surface area contributed by atoms with Gasteiger partial charge in [-0.25, -0.2) is 0 Å². The van der Waals surface area contributed by atoms with Crippen molar-refractivity contribution in [3.05, 3.63) is 65.0 Å². The summed E-state index contributed by atoms with van der Waals surface area (Å²) in [6.45, 7) is 3.90. The van der Waals surface area contributed by atoms with Crippen molar-refractivity contribution in [3.63, 3.8) is 0 Å². The van der Waals surface area contributed by atoms with Crippen LogP contribution >= 0.6 is 11.6 Å². The molecule has 0 bridgehead atoms.